The molecular weight excluding hydrogens is 336 g/mol. The molecule has 1 aromatic heterocycles. The van der Waals surface area contributed by atoms with Crippen molar-refractivity contribution in [1.29, 1.82) is 0 Å². The number of anilines is 1. The summed E-state index contributed by atoms with van der Waals surface area (Å²) in [5, 5.41) is 4.92. The lowest BCUT2D eigenvalue weighted by Crippen LogP contribution is -2.32. The Morgan fingerprint density at radius 3 is 2.80 bits per heavy atom. The molecule has 25 heavy (non-hydrogen) atoms. The van der Waals surface area contributed by atoms with Crippen LogP contribution < -0.4 is 15.0 Å². The van der Waals surface area contributed by atoms with E-state index in [1.807, 2.05) is 48.7 Å². The Bertz CT molecular complexity index is 713. The molecule has 0 saturated carbocycles. The summed E-state index contributed by atoms with van der Waals surface area (Å²) in [6.07, 6.45) is 0.868. The van der Waals surface area contributed by atoms with E-state index in [0.717, 1.165) is 16.3 Å². The second-order valence-corrected chi connectivity index (χ2v) is 7.09. The van der Waals surface area contributed by atoms with Crippen LogP contribution in [0, 0.1) is 5.92 Å². The van der Waals surface area contributed by atoms with Gasteiger partial charge in [-0.1, -0.05) is 6.07 Å². The standard InChI is InChI=1S/C19H22N2O3S/c1-2-24-16-7-5-15(6-8-16)21-13-14(10-19(21)23)12-20-18(22)11-17-4-3-9-25-17/h3-9,14H,2,10-13H2,1H3,(H,20,22)/t14-/m0/s1. The predicted molar refractivity (Wildman–Crippen MR) is 99.1 cm³/mol. The number of carbonyl (C=O) groups excluding carboxylic acids is 2. The molecule has 1 aromatic carbocycles. The molecule has 1 atom stereocenters. The van der Waals surface area contributed by atoms with Gasteiger partial charge in [0.15, 0.2) is 0 Å². The van der Waals surface area contributed by atoms with Crippen molar-refractivity contribution in [2.45, 2.75) is 19.8 Å². The monoisotopic (exact) mass is 358 g/mol. The van der Waals surface area contributed by atoms with Crippen molar-refractivity contribution >= 4 is 28.8 Å². The van der Waals surface area contributed by atoms with Crippen molar-refractivity contribution in [2.75, 3.05) is 24.6 Å². The fourth-order valence-electron chi connectivity index (χ4n) is 2.95. The first-order chi connectivity index (χ1) is 12.2. The molecule has 2 amide bonds. The van der Waals surface area contributed by atoms with Crippen molar-refractivity contribution in [3.05, 3.63) is 46.7 Å². The zero-order valence-electron chi connectivity index (χ0n) is 14.2. The average Bonchev–Trinajstić information content (AvgIpc) is 3.24. The lowest BCUT2D eigenvalue weighted by atomic mass is 10.1. The van der Waals surface area contributed by atoms with Crippen molar-refractivity contribution < 1.29 is 14.3 Å². The van der Waals surface area contributed by atoms with Gasteiger partial charge in [0.25, 0.3) is 0 Å². The first-order valence-electron chi connectivity index (χ1n) is 8.48. The lowest BCUT2D eigenvalue weighted by molar-refractivity contribution is -0.121. The van der Waals surface area contributed by atoms with Crippen LogP contribution in [0.15, 0.2) is 41.8 Å². The lowest BCUT2D eigenvalue weighted by Gasteiger charge is -2.17. The number of amides is 2. The van der Waals surface area contributed by atoms with Crippen LogP contribution in [0.1, 0.15) is 18.2 Å². The summed E-state index contributed by atoms with van der Waals surface area (Å²) in [5.41, 5.74) is 0.876. The summed E-state index contributed by atoms with van der Waals surface area (Å²) >= 11 is 1.58. The van der Waals surface area contributed by atoms with Crippen molar-refractivity contribution in [3.63, 3.8) is 0 Å². The number of hydrogen-bond acceptors (Lipinski definition) is 4. The largest absolute Gasteiger partial charge is 0.494 e. The second-order valence-electron chi connectivity index (χ2n) is 6.06. The van der Waals surface area contributed by atoms with E-state index in [2.05, 4.69) is 5.32 Å². The third kappa shape index (κ3) is 4.60. The number of nitrogens with zero attached hydrogens (tertiary/aromatic N) is 1. The molecule has 2 heterocycles. The summed E-state index contributed by atoms with van der Waals surface area (Å²) in [5.74, 6) is 1.05. The minimum absolute atomic E-state index is 0.00872. The van der Waals surface area contributed by atoms with Crippen LogP contribution in [-0.2, 0) is 16.0 Å². The molecule has 1 saturated heterocycles. The summed E-state index contributed by atoms with van der Waals surface area (Å²) in [6, 6.07) is 11.5. The van der Waals surface area contributed by atoms with Crippen LogP contribution in [0.2, 0.25) is 0 Å². The minimum Gasteiger partial charge on any atom is -0.494 e. The van der Waals surface area contributed by atoms with Gasteiger partial charge in [0.1, 0.15) is 5.75 Å². The van der Waals surface area contributed by atoms with Gasteiger partial charge in [0.2, 0.25) is 11.8 Å². The second kappa shape index (κ2) is 8.16. The topological polar surface area (TPSA) is 58.6 Å². The summed E-state index contributed by atoms with van der Waals surface area (Å²) in [6.45, 7) is 3.72. The van der Waals surface area contributed by atoms with E-state index in [4.69, 9.17) is 4.74 Å². The van der Waals surface area contributed by atoms with Gasteiger partial charge >= 0.3 is 0 Å². The van der Waals surface area contributed by atoms with Crippen LogP contribution in [0.4, 0.5) is 5.69 Å². The van der Waals surface area contributed by atoms with Crippen LogP contribution in [0.3, 0.4) is 0 Å². The van der Waals surface area contributed by atoms with Gasteiger partial charge in [0.05, 0.1) is 13.0 Å². The smallest absolute Gasteiger partial charge is 0.227 e. The Hall–Kier alpha value is -2.34. The SMILES string of the molecule is CCOc1ccc(N2C[C@H](CNC(=O)Cc3cccs3)CC2=O)cc1. The number of rotatable bonds is 7. The van der Waals surface area contributed by atoms with E-state index in [1.165, 1.54) is 0 Å². The minimum atomic E-state index is 0.00872. The van der Waals surface area contributed by atoms with Gasteiger partial charge in [-0.2, -0.15) is 0 Å². The molecule has 0 spiro atoms. The van der Waals surface area contributed by atoms with Gasteiger partial charge in [-0.05, 0) is 42.6 Å². The van der Waals surface area contributed by atoms with Crippen LogP contribution >= 0.6 is 11.3 Å². The first kappa shape index (κ1) is 17.5. The Morgan fingerprint density at radius 1 is 1.32 bits per heavy atom. The third-order valence-electron chi connectivity index (χ3n) is 4.17. The van der Waals surface area contributed by atoms with Crippen LogP contribution in [0.25, 0.3) is 0 Å². The predicted octanol–water partition coefficient (Wildman–Crippen LogP) is 2.86. The van der Waals surface area contributed by atoms with E-state index < -0.39 is 0 Å². The molecule has 0 bridgehead atoms. The molecule has 2 aromatic rings. The zero-order chi connectivity index (χ0) is 17.6. The van der Waals surface area contributed by atoms with Crippen LogP contribution in [0.5, 0.6) is 5.75 Å². The molecule has 1 aliphatic rings. The van der Waals surface area contributed by atoms with Gasteiger partial charge in [-0.3, -0.25) is 9.59 Å². The van der Waals surface area contributed by atoms with Gasteiger partial charge in [-0.25, -0.2) is 0 Å². The van der Waals surface area contributed by atoms with E-state index in [1.54, 1.807) is 16.2 Å². The van der Waals surface area contributed by atoms with Gasteiger partial charge < -0.3 is 15.0 Å². The Labute approximate surface area is 151 Å². The highest BCUT2D eigenvalue weighted by Crippen LogP contribution is 2.26. The molecule has 0 aliphatic carbocycles. The Morgan fingerprint density at radius 2 is 2.12 bits per heavy atom. The highest BCUT2D eigenvalue weighted by molar-refractivity contribution is 7.10. The molecule has 0 radical (unpaired) electrons. The number of hydrogen-bond donors (Lipinski definition) is 1. The maximum absolute atomic E-state index is 12.3. The Kier molecular flexibility index (Phi) is 5.71. The highest BCUT2D eigenvalue weighted by atomic mass is 32.1. The fourth-order valence-corrected chi connectivity index (χ4v) is 3.65. The van der Waals surface area contributed by atoms with Crippen molar-refractivity contribution in [3.8, 4) is 5.75 Å². The molecule has 1 aliphatic heterocycles. The van der Waals surface area contributed by atoms with Crippen molar-refractivity contribution in [2.24, 2.45) is 5.92 Å². The van der Waals surface area contributed by atoms with Crippen LogP contribution in [-0.4, -0.2) is 31.5 Å². The van der Waals surface area contributed by atoms with E-state index in [0.29, 0.717) is 32.5 Å². The van der Waals surface area contributed by atoms with E-state index in [9.17, 15) is 9.59 Å². The maximum atomic E-state index is 12.3. The number of thiophene rings is 1. The van der Waals surface area contributed by atoms with E-state index >= 15 is 0 Å². The summed E-state index contributed by atoms with van der Waals surface area (Å²) < 4.78 is 5.43. The molecule has 132 valence electrons. The number of ether oxygens (including phenoxy) is 1. The number of benzene rings is 1. The summed E-state index contributed by atoms with van der Waals surface area (Å²) in [4.78, 5) is 27.1. The van der Waals surface area contributed by atoms with Gasteiger partial charge in [0, 0.05) is 36.0 Å². The molecule has 5 nitrogen and oxygen atoms in total. The number of carbonyl (C=O) groups is 2. The fraction of sp³-hybridized carbons (Fsp3) is 0.368. The third-order valence-corrected chi connectivity index (χ3v) is 5.04. The molecule has 1 N–H and O–H groups in total. The molecule has 3 rings (SSSR count). The molecule has 0 unspecified atom stereocenters. The molecule has 6 heteroatoms. The maximum Gasteiger partial charge on any atom is 0.227 e. The zero-order valence-corrected chi connectivity index (χ0v) is 15.1. The first-order valence-corrected chi connectivity index (χ1v) is 9.36. The Balaban J connectivity index is 1.50. The van der Waals surface area contributed by atoms with E-state index in [-0.39, 0.29) is 17.7 Å². The summed E-state index contributed by atoms with van der Waals surface area (Å²) in [7, 11) is 0. The molecular formula is C19H22N2O3S. The number of nitrogens with one attached hydrogen (secondary N) is 1. The highest BCUT2D eigenvalue weighted by Gasteiger charge is 2.30. The van der Waals surface area contributed by atoms with Gasteiger partial charge in [-0.15, -0.1) is 11.3 Å². The normalized spacial score (nSPS) is 16.9. The average molecular weight is 358 g/mol. The van der Waals surface area contributed by atoms with Crippen molar-refractivity contribution in [1.82, 2.24) is 5.32 Å². The molecule has 1 fully saturated rings. The quantitative estimate of drug-likeness (QED) is 0.828.